The summed E-state index contributed by atoms with van der Waals surface area (Å²) in [5.41, 5.74) is 0.826. The van der Waals surface area contributed by atoms with Crippen LogP contribution >= 0.6 is 11.6 Å². The van der Waals surface area contributed by atoms with E-state index in [1.165, 1.54) is 12.1 Å². The fourth-order valence-electron chi connectivity index (χ4n) is 3.20. The molecule has 33 heavy (non-hydrogen) atoms. The maximum Gasteiger partial charge on any atom is 0.435 e. The maximum absolute atomic E-state index is 13.4. The number of nitrogens with one attached hydrogen (secondary N) is 1. The summed E-state index contributed by atoms with van der Waals surface area (Å²) < 4.78 is 46.3. The lowest BCUT2D eigenvalue weighted by Gasteiger charge is -2.10. The van der Waals surface area contributed by atoms with Crippen LogP contribution in [-0.2, 0) is 6.18 Å². The summed E-state index contributed by atoms with van der Waals surface area (Å²) >= 11 is 6.20. The highest BCUT2D eigenvalue weighted by Crippen LogP contribution is 2.34. The fourth-order valence-corrected chi connectivity index (χ4v) is 3.42. The summed E-state index contributed by atoms with van der Waals surface area (Å²) in [6, 6.07) is 20.5. The molecule has 3 aromatic carbocycles. The number of hydrogen-bond acceptors (Lipinski definition) is 3. The summed E-state index contributed by atoms with van der Waals surface area (Å²) in [6.45, 7) is 0. The highest BCUT2D eigenvalue weighted by atomic mass is 35.5. The van der Waals surface area contributed by atoms with Crippen LogP contribution in [0.25, 0.3) is 16.9 Å². The zero-order valence-electron chi connectivity index (χ0n) is 17.2. The van der Waals surface area contributed by atoms with Gasteiger partial charge in [0.2, 0.25) is 0 Å². The molecule has 4 rings (SSSR count). The molecule has 4 aromatic rings. The van der Waals surface area contributed by atoms with Gasteiger partial charge in [0, 0.05) is 18.2 Å². The predicted octanol–water partition coefficient (Wildman–Crippen LogP) is 6.72. The van der Waals surface area contributed by atoms with Crippen LogP contribution in [-0.4, -0.2) is 22.8 Å². The monoisotopic (exact) mass is 473 g/mol. The van der Waals surface area contributed by atoms with Gasteiger partial charge < -0.3 is 10.1 Å². The van der Waals surface area contributed by atoms with Crippen molar-refractivity contribution in [1.29, 1.82) is 0 Å². The van der Waals surface area contributed by atoms with E-state index in [1.807, 2.05) is 0 Å². The standard InChI is InChI=1S/C24H17ClF3N3O2.H2/c1-33-18-12-10-17(11-13-18)29-23(32)16-8-6-15(7-9-16)21-14-22(24(26,27)28)30-31(21)20-5-3-2-4-19(20)25;/h2-14H,1H3,(H,29,32);1H. The SMILES string of the molecule is COc1ccc(NC(=O)c2ccc(-c3cc(C(F)(F)F)nn3-c3ccccc3Cl)cc2)cc1.[HH]. The molecule has 9 heteroatoms. The van der Waals surface area contributed by atoms with Crippen molar-refractivity contribution in [3.8, 4) is 22.7 Å². The van der Waals surface area contributed by atoms with Crippen molar-refractivity contribution in [2.75, 3.05) is 12.4 Å². The molecular weight excluding hydrogens is 455 g/mol. The number of nitrogens with zero attached hydrogens (tertiary/aromatic N) is 2. The second kappa shape index (κ2) is 8.99. The van der Waals surface area contributed by atoms with E-state index in [4.69, 9.17) is 16.3 Å². The molecule has 5 nitrogen and oxygen atoms in total. The van der Waals surface area contributed by atoms with Crippen LogP contribution in [0.4, 0.5) is 18.9 Å². The average molecular weight is 474 g/mol. The van der Waals surface area contributed by atoms with Gasteiger partial charge in [-0.25, -0.2) is 4.68 Å². The van der Waals surface area contributed by atoms with Crippen LogP contribution in [0.15, 0.2) is 78.9 Å². The first kappa shape index (κ1) is 22.4. The summed E-state index contributed by atoms with van der Waals surface area (Å²) in [5, 5.41) is 6.75. The molecule has 1 aromatic heterocycles. The van der Waals surface area contributed by atoms with Gasteiger partial charge in [-0.3, -0.25) is 4.79 Å². The number of aromatic nitrogens is 2. The van der Waals surface area contributed by atoms with Crippen LogP contribution in [0, 0.1) is 0 Å². The lowest BCUT2D eigenvalue weighted by Crippen LogP contribution is -2.11. The molecule has 0 radical (unpaired) electrons. The Hall–Kier alpha value is -3.78. The molecule has 1 N–H and O–H groups in total. The van der Waals surface area contributed by atoms with Crippen LogP contribution < -0.4 is 10.1 Å². The Bertz CT molecular complexity index is 1290. The van der Waals surface area contributed by atoms with Crippen LogP contribution in [0.3, 0.4) is 0 Å². The van der Waals surface area contributed by atoms with Crippen LogP contribution in [0.5, 0.6) is 5.75 Å². The second-order valence-corrected chi connectivity index (χ2v) is 7.44. The van der Waals surface area contributed by atoms with Crippen LogP contribution in [0.1, 0.15) is 17.5 Å². The molecule has 0 aliphatic rings. The number of carbonyl (C=O) groups excluding carboxylic acids is 1. The van der Waals surface area contributed by atoms with Gasteiger partial charge in [-0.2, -0.15) is 18.3 Å². The van der Waals surface area contributed by atoms with Crippen molar-refractivity contribution in [2.45, 2.75) is 6.18 Å². The first-order valence-electron chi connectivity index (χ1n) is 9.74. The molecule has 0 aliphatic carbocycles. The molecule has 0 aliphatic heterocycles. The lowest BCUT2D eigenvalue weighted by molar-refractivity contribution is -0.141. The number of rotatable bonds is 5. The van der Waals surface area contributed by atoms with Gasteiger partial charge in [0.05, 0.1) is 23.5 Å². The zero-order chi connectivity index (χ0) is 23.6. The van der Waals surface area contributed by atoms with E-state index >= 15 is 0 Å². The third-order valence-corrected chi connectivity index (χ3v) is 5.19. The number of methoxy groups -OCH3 is 1. The van der Waals surface area contributed by atoms with Crippen molar-refractivity contribution in [1.82, 2.24) is 9.78 Å². The average Bonchev–Trinajstić information content (AvgIpc) is 3.26. The van der Waals surface area contributed by atoms with E-state index in [9.17, 15) is 18.0 Å². The minimum atomic E-state index is -4.63. The van der Waals surface area contributed by atoms with Gasteiger partial charge in [0.25, 0.3) is 5.91 Å². The van der Waals surface area contributed by atoms with Crippen molar-refractivity contribution < 1.29 is 24.1 Å². The number of amides is 1. The van der Waals surface area contributed by atoms with Crippen molar-refractivity contribution in [3.63, 3.8) is 0 Å². The smallest absolute Gasteiger partial charge is 0.435 e. The minimum Gasteiger partial charge on any atom is -0.497 e. The molecule has 1 heterocycles. The minimum absolute atomic E-state index is 0. The molecule has 0 bridgehead atoms. The molecule has 1 amide bonds. The predicted molar refractivity (Wildman–Crippen MR) is 122 cm³/mol. The number of alkyl halides is 3. The number of para-hydroxylation sites is 1. The van der Waals surface area contributed by atoms with E-state index < -0.39 is 11.9 Å². The van der Waals surface area contributed by atoms with Crippen molar-refractivity contribution in [2.24, 2.45) is 0 Å². The lowest BCUT2D eigenvalue weighted by atomic mass is 10.1. The largest absolute Gasteiger partial charge is 0.497 e. The first-order valence-corrected chi connectivity index (χ1v) is 10.1. The van der Waals surface area contributed by atoms with E-state index in [2.05, 4.69) is 10.4 Å². The van der Waals surface area contributed by atoms with E-state index in [1.54, 1.807) is 67.8 Å². The first-order chi connectivity index (χ1) is 15.8. The third kappa shape index (κ3) is 4.85. The van der Waals surface area contributed by atoms with Crippen molar-refractivity contribution >= 4 is 23.2 Å². The summed E-state index contributed by atoms with van der Waals surface area (Å²) in [7, 11) is 1.55. The van der Waals surface area contributed by atoms with Gasteiger partial charge in [-0.15, -0.1) is 0 Å². The summed E-state index contributed by atoms with van der Waals surface area (Å²) in [5.74, 6) is 0.299. The normalized spacial score (nSPS) is 11.3. The Labute approximate surface area is 193 Å². The van der Waals surface area contributed by atoms with E-state index in [-0.39, 0.29) is 18.1 Å². The third-order valence-electron chi connectivity index (χ3n) is 4.87. The van der Waals surface area contributed by atoms with Gasteiger partial charge in [0.1, 0.15) is 5.75 Å². The van der Waals surface area contributed by atoms with Crippen molar-refractivity contribution in [3.05, 3.63) is 95.1 Å². The highest BCUT2D eigenvalue weighted by molar-refractivity contribution is 6.32. The molecule has 0 saturated carbocycles. The van der Waals surface area contributed by atoms with Gasteiger partial charge in [-0.05, 0) is 54.6 Å². The number of hydrogen-bond donors (Lipinski definition) is 1. The molecule has 0 unspecified atom stereocenters. The van der Waals surface area contributed by atoms with Gasteiger partial charge in [0.15, 0.2) is 5.69 Å². The van der Waals surface area contributed by atoms with Gasteiger partial charge >= 0.3 is 6.18 Å². The molecule has 0 fully saturated rings. The summed E-state index contributed by atoms with van der Waals surface area (Å²) in [4.78, 5) is 12.6. The summed E-state index contributed by atoms with van der Waals surface area (Å²) in [6.07, 6.45) is -4.63. The molecule has 0 saturated heterocycles. The highest BCUT2D eigenvalue weighted by Gasteiger charge is 2.35. The Morgan fingerprint density at radius 3 is 2.30 bits per heavy atom. The second-order valence-electron chi connectivity index (χ2n) is 7.04. The van der Waals surface area contributed by atoms with Crippen LogP contribution in [0.2, 0.25) is 5.02 Å². The van der Waals surface area contributed by atoms with Gasteiger partial charge in [-0.1, -0.05) is 35.9 Å². The topological polar surface area (TPSA) is 56.1 Å². The quantitative estimate of drug-likeness (QED) is 0.350. The molecular formula is C24H19ClF3N3O2. The van der Waals surface area contributed by atoms with E-state index in [0.29, 0.717) is 28.3 Å². The maximum atomic E-state index is 13.4. The molecule has 170 valence electrons. The fraction of sp³-hybridized carbons (Fsp3) is 0.0833. The Balaban J connectivity index is 0.00000324. The number of carbonyl (C=O) groups is 1. The molecule has 0 atom stereocenters. The Morgan fingerprint density at radius 2 is 1.70 bits per heavy atom. The number of halogens is 4. The number of ether oxygens (including phenoxy) is 1. The van der Waals surface area contributed by atoms with E-state index in [0.717, 1.165) is 10.7 Å². The number of anilines is 1. The number of benzene rings is 3. The molecule has 0 spiro atoms. The Morgan fingerprint density at radius 1 is 1.03 bits per heavy atom. The zero-order valence-corrected chi connectivity index (χ0v) is 18.0. The Kier molecular flexibility index (Phi) is 6.11.